The van der Waals surface area contributed by atoms with Gasteiger partial charge in [-0.15, -0.1) is 10.2 Å². The third kappa shape index (κ3) is 3.32. The molecule has 4 aromatic heterocycles. The van der Waals surface area contributed by atoms with Gasteiger partial charge in [-0.3, -0.25) is 9.97 Å². The zero-order chi connectivity index (χ0) is 19.5. The van der Waals surface area contributed by atoms with Gasteiger partial charge in [0, 0.05) is 12.4 Å². The molecule has 0 saturated heterocycles. The van der Waals surface area contributed by atoms with Crippen molar-refractivity contribution in [2.75, 3.05) is 4.90 Å². The number of hydrogen-bond donors (Lipinski definition) is 0. The van der Waals surface area contributed by atoms with E-state index in [0.717, 1.165) is 17.1 Å². The summed E-state index contributed by atoms with van der Waals surface area (Å²) in [6.07, 6.45) is 10.2. The lowest BCUT2D eigenvalue weighted by atomic mass is 10.3. The number of hydrogen-bond acceptors (Lipinski definition) is 7. The molecule has 140 valence electrons. The van der Waals surface area contributed by atoms with Crippen LogP contribution < -0.4 is 4.90 Å². The molecule has 0 aliphatic heterocycles. The lowest BCUT2D eigenvalue weighted by Crippen LogP contribution is -2.14. The Hall–Kier alpha value is -4.40. The first-order chi connectivity index (χ1) is 14.4. The minimum absolute atomic E-state index is 0.448. The van der Waals surface area contributed by atoms with E-state index in [9.17, 15) is 0 Å². The summed E-state index contributed by atoms with van der Waals surface area (Å²) in [7, 11) is 0. The Balaban J connectivity index is 1.57. The number of para-hydroxylation sites is 1. The lowest BCUT2D eigenvalue weighted by molar-refractivity contribution is 0.852. The van der Waals surface area contributed by atoms with E-state index in [1.165, 1.54) is 0 Å². The number of benzene rings is 1. The highest BCUT2D eigenvalue weighted by atomic mass is 15.5. The maximum absolute atomic E-state index is 4.61. The van der Waals surface area contributed by atoms with Gasteiger partial charge in [0.2, 0.25) is 0 Å². The van der Waals surface area contributed by atoms with Crippen molar-refractivity contribution < 1.29 is 0 Å². The van der Waals surface area contributed by atoms with E-state index < -0.39 is 0 Å². The molecule has 1 aromatic carbocycles. The quantitative estimate of drug-likeness (QED) is 0.462. The molecule has 0 N–H and O–H groups in total. The van der Waals surface area contributed by atoms with Crippen molar-refractivity contribution in [2.24, 2.45) is 0 Å². The van der Waals surface area contributed by atoms with E-state index in [2.05, 4.69) is 30.1 Å². The van der Waals surface area contributed by atoms with Crippen molar-refractivity contribution in [1.29, 1.82) is 0 Å². The lowest BCUT2D eigenvalue weighted by Gasteiger charge is -2.16. The first kappa shape index (κ1) is 16.8. The summed E-state index contributed by atoms with van der Waals surface area (Å²) in [6, 6.07) is 17.3. The van der Waals surface area contributed by atoms with Gasteiger partial charge >= 0.3 is 0 Å². The Kier molecular flexibility index (Phi) is 4.22. The highest BCUT2D eigenvalue weighted by Crippen LogP contribution is 2.29. The smallest absolute Gasteiger partial charge is 0.256 e. The molecule has 5 rings (SSSR count). The predicted octanol–water partition coefficient (Wildman–Crippen LogP) is 3.11. The molecule has 0 amide bonds. The van der Waals surface area contributed by atoms with Gasteiger partial charge in [-0.2, -0.15) is 9.97 Å². The van der Waals surface area contributed by atoms with Gasteiger partial charge in [0.05, 0.1) is 29.5 Å². The van der Waals surface area contributed by atoms with Crippen LogP contribution in [0.1, 0.15) is 0 Å². The molecule has 0 unspecified atom stereocenters. The van der Waals surface area contributed by atoms with Crippen LogP contribution in [-0.4, -0.2) is 39.5 Å². The van der Waals surface area contributed by atoms with Gasteiger partial charge < -0.3 is 0 Å². The van der Waals surface area contributed by atoms with Crippen LogP contribution in [-0.2, 0) is 0 Å². The largest absolute Gasteiger partial charge is 0.262 e. The second-order valence-corrected chi connectivity index (χ2v) is 6.07. The molecule has 9 heteroatoms. The average Bonchev–Trinajstić information content (AvgIpc) is 3.47. The predicted molar refractivity (Wildman–Crippen MR) is 107 cm³/mol. The van der Waals surface area contributed by atoms with Crippen molar-refractivity contribution in [3.8, 4) is 11.4 Å². The van der Waals surface area contributed by atoms with Gasteiger partial charge in [0.25, 0.3) is 11.9 Å². The monoisotopic (exact) mass is 381 g/mol. The summed E-state index contributed by atoms with van der Waals surface area (Å²) in [4.78, 5) is 19.0. The number of aromatic nitrogens is 8. The van der Waals surface area contributed by atoms with E-state index in [4.69, 9.17) is 0 Å². The second-order valence-electron chi connectivity index (χ2n) is 6.07. The van der Waals surface area contributed by atoms with Crippen LogP contribution in [0.15, 0.2) is 92.0 Å². The third-order valence-electron chi connectivity index (χ3n) is 4.19. The number of nitrogens with zero attached hydrogens (tertiary/aromatic N) is 9. The maximum atomic E-state index is 4.61. The minimum atomic E-state index is 0.448. The van der Waals surface area contributed by atoms with Gasteiger partial charge in [0.1, 0.15) is 12.7 Å². The molecular formula is C20H15N9. The van der Waals surface area contributed by atoms with Crippen LogP contribution in [0.25, 0.3) is 11.4 Å². The molecule has 0 bridgehead atoms. The van der Waals surface area contributed by atoms with Crippen molar-refractivity contribution in [3.05, 3.63) is 92.0 Å². The fraction of sp³-hybridized carbons (Fsp3) is 0. The zero-order valence-corrected chi connectivity index (χ0v) is 15.2. The number of pyridine rings is 2. The molecule has 0 spiro atoms. The second kappa shape index (κ2) is 7.31. The molecule has 9 nitrogen and oxygen atoms in total. The summed E-state index contributed by atoms with van der Waals surface area (Å²) in [5.74, 6) is 0.896. The molecule has 0 atom stereocenters. The summed E-state index contributed by atoms with van der Waals surface area (Å²) < 4.78 is 3.33. The highest BCUT2D eigenvalue weighted by molar-refractivity contribution is 5.67. The number of rotatable bonds is 5. The summed E-state index contributed by atoms with van der Waals surface area (Å²) in [5, 5.41) is 9.21. The first-order valence-electron chi connectivity index (χ1n) is 8.88. The minimum Gasteiger partial charge on any atom is -0.262 e. The van der Waals surface area contributed by atoms with Crippen LogP contribution in [0.5, 0.6) is 0 Å². The Labute approximate surface area is 166 Å². The molecule has 0 saturated carbocycles. The first-order valence-corrected chi connectivity index (χ1v) is 8.88. The van der Waals surface area contributed by atoms with Gasteiger partial charge in [-0.25, -0.2) is 14.3 Å². The van der Waals surface area contributed by atoms with E-state index in [0.29, 0.717) is 11.9 Å². The van der Waals surface area contributed by atoms with Crippen LogP contribution in [0.2, 0.25) is 0 Å². The Morgan fingerprint density at radius 1 is 0.621 bits per heavy atom. The molecule has 0 radical (unpaired) electrons. The Morgan fingerprint density at radius 3 is 1.66 bits per heavy atom. The third-order valence-corrected chi connectivity index (χ3v) is 4.19. The highest BCUT2D eigenvalue weighted by Gasteiger charge is 2.21. The SMILES string of the molecule is c1ccc(N(c2ncn(-c3cccnc3)n2)c2ncn(-c3cccnc3)n2)cc1. The molecule has 0 aliphatic carbocycles. The van der Waals surface area contributed by atoms with Crippen molar-refractivity contribution >= 4 is 17.6 Å². The normalized spacial score (nSPS) is 10.8. The fourth-order valence-electron chi connectivity index (χ4n) is 2.84. The standard InChI is InChI=1S/C20H15N9/c1-2-6-16(7-3-1)29(19-23-14-27(25-19)17-8-4-10-21-12-17)20-24-15-28(26-20)18-9-5-11-22-13-18/h1-15H. The van der Waals surface area contributed by atoms with Crippen molar-refractivity contribution in [2.45, 2.75) is 0 Å². The summed E-state index contributed by atoms with van der Waals surface area (Å²) in [6.45, 7) is 0. The summed E-state index contributed by atoms with van der Waals surface area (Å²) in [5.41, 5.74) is 2.47. The van der Waals surface area contributed by atoms with E-state index in [1.807, 2.05) is 54.6 Å². The number of anilines is 3. The maximum Gasteiger partial charge on any atom is 0.256 e. The van der Waals surface area contributed by atoms with Gasteiger partial charge in [-0.05, 0) is 36.4 Å². The van der Waals surface area contributed by atoms with Crippen molar-refractivity contribution in [1.82, 2.24) is 39.5 Å². The van der Waals surface area contributed by atoms with Gasteiger partial charge in [-0.1, -0.05) is 18.2 Å². The van der Waals surface area contributed by atoms with Crippen LogP contribution in [0, 0.1) is 0 Å². The summed E-state index contributed by atoms with van der Waals surface area (Å²) >= 11 is 0. The zero-order valence-electron chi connectivity index (χ0n) is 15.2. The molecule has 4 heterocycles. The Bertz CT molecular complexity index is 1120. The topological polar surface area (TPSA) is 90.4 Å². The van der Waals surface area contributed by atoms with E-state index in [1.54, 1.807) is 51.7 Å². The Morgan fingerprint density at radius 2 is 1.17 bits per heavy atom. The molecular weight excluding hydrogens is 366 g/mol. The average molecular weight is 381 g/mol. The van der Waals surface area contributed by atoms with Crippen LogP contribution in [0.4, 0.5) is 17.6 Å². The molecule has 29 heavy (non-hydrogen) atoms. The van der Waals surface area contributed by atoms with Crippen LogP contribution in [0.3, 0.4) is 0 Å². The van der Waals surface area contributed by atoms with E-state index in [-0.39, 0.29) is 0 Å². The van der Waals surface area contributed by atoms with Crippen LogP contribution >= 0.6 is 0 Å². The molecule has 0 aliphatic rings. The molecule has 0 fully saturated rings. The fourth-order valence-corrected chi connectivity index (χ4v) is 2.84. The van der Waals surface area contributed by atoms with Crippen molar-refractivity contribution in [3.63, 3.8) is 0 Å². The van der Waals surface area contributed by atoms with Gasteiger partial charge in [0.15, 0.2) is 0 Å². The molecule has 5 aromatic rings. The van der Waals surface area contributed by atoms with E-state index >= 15 is 0 Å².